The van der Waals surface area contributed by atoms with Crippen LogP contribution in [0, 0.1) is 5.82 Å². The van der Waals surface area contributed by atoms with E-state index >= 15 is 0 Å². The van der Waals surface area contributed by atoms with E-state index in [1.54, 1.807) is 12.1 Å². The third kappa shape index (κ3) is 5.27. The number of hydrogen-bond acceptors (Lipinski definition) is 3. The Morgan fingerprint density at radius 3 is 2.68 bits per heavy atom. The molecule has 0 aliphatic carbocycles. The van der Waals surface area contributed by atoms with Gasteiger partial charge in [-0.1, -0.05) is 25.1 Å². The number of benzene rings is 1. The Bertz CT molecular complexity index is 373. The van der Waals surface area contributed by atoms with E-state index < -0.39 is 6.10 Å². The maximum atomic E-state index is 13.7. The maximum Gasteiger partial charge on any atom is 0.127 e. The van der Waals surface area contributed by atoms with Gasteiger partial charge in [0, 0.05) is 24.7 Å². The van der Waals surface area contributed by atoms with Crippen LogP contribution in [-0.4, -0.2) is 42.8 Å². The van der Waals surface area contributed by atoms with E-state index in [0.717, 1.165) is 13.0 Å². The first-order valence-corrected chi connectivity index (χ1v) is 6.89. The Morgan fingerprint density at radius 1 is 1.37 bits per heavy atom. The van der Waals surface area contributed by atoms with Crippen molar-refractivity contribution in [3.05, 3.63) is 35.6 Å². The molecule has 108 valence electrons. The third-order valence-corrected chi connectivity index (χ3v) is 3.32. The Balaban J connectivity index is 2.48. The minimum Gasteiger partial charge on any atom is -0.390 e. The summed E-state index contributed by atoms with van der Waals surface area (Å²) >= 11 is 0. The molecule has 0 aromatic heterocycles. The van der Waals surface area contributed by atoms with E-state index in [0.29, 0.717) is 18.7 Å². The summed E-state index contributed by atoms with van der Waals surface area (Å²) in [4.78, 5) is 1.97. The van der Waals surface area contributed by atoms with Gasteiger partial charge in [0.2, 0.25) is 0 Å². The van der Waals surface area contributed by atoms with Gasteiger partial charge in [-0.2, -0.15) is 0 Å². The van der Waals surface area contributed by atoms with Gasteiger partial charge in [0.05, 0.1) is 6.10 Å². The highest BCUT2D eigenvalue weighted by Crippen LogP contribution is 2.21. The molecule has 2 N–H and O–H groups in total. The molecule has 2 atom stereocenters. The number of nitrogens with one attached hydrogen (secondary N) is 1. The molecule has 0 saturated heterocycles. The van der Waals surface area contributed by atoms with Crippen molar-refractivity contribution in [2.75, 3.05) is 26.7 Å². The van der Waals surface area contributed by atoms with Crippen LogP contribution >= 0.6 is 0 Å². The average Bonchev–Trinajstić information content (AvgIpc) is 2.38. The lowest BCUT2D eigenvalue weighted by Gasteiger charge is -2.27. The smallest absolute Gasteiger partial charge is 0.127 e. The topological polar surface area (TPSA) is 35.5 Å². The molecule has 1 aromatic carbocycles. The zero-order chi connectivity index (χ0) is 14.3. The predicted octanol–water partition coefficient (Wildman–Crippen LogP) is 2.18. The fraction of sp³-hybridized carbons (Fsp3) is 0.600. The van der Waals surface area contributed by atoms with Crippen molar-refractivity contribution in [3.63, 3.8) is 0 Å². The number of likely N-dealkylation sites (N-methyl/N-ethyl adjacent to an activating group) is 1. The van der Waals surface area contributed by atoms with Gasteiger partial charge >= 0.3 is 0 Å². The van der Waals surface area contributed by atoms with E-state index in [9.17, 15) is 9.50 Å². The summed E-state index contributed by atoms with van der Waals surface area (Å²) < 4.78 is 13.7. The summed E-state index contributed by atoms with van der Waals surface area (Å²) in [6.07, 6.45) is 0.611. The molecule has 4 heteroatoms. The molecular formula is C15H25FN2O. The molecule has 0 bridgehead atoms. The third-order valence-electron chi connectivity index (χ3n) is 3.32. The molecule has 19 heavy (non-hydrogen) atoms. The number of hydrogen-bond donors (Lipinski definition) is 2. The lowest BCUT2D eigenvalue weighted by atomic mass is 10.1. The van der Waals surface area contributed by atoms with E-state index in [1.807, 2.05) is 24.9 Å². The van der Waals surface area contributed by atoms with Gasteiger partial charge in [0.1, 0.15) is 5.82 Å². The van der Waals surface area contributed by atoms with E-state index in [2.05, 4.69) is 12.2 Å². The molecule has 0 aliphatic rings. The number of rotatable bonds is 8. The van der Waals surface area contributed by atoms with Crippen LogP contribution in [0.2, 0.25) is 0 Å². The SMILES string of the molecule is CCCNCC(O)CN(C)C(C)c1ccccc1F. The molecule has 3 nitrogen and oxygen atoms in total. The van der Waals surface area contributed by atoms with Crippen LogP contribution in [0.25, 0.3) is 0 Å². The fourth-order valence-corrected chi connectivity index (χ4v) is 2.05. The monoisotopic (exact) mass is 268 g/mol. The summed E-state index contributed by atoms with van der Waals surface area (Å²) in [5, 5.41) is 13.1. The van der Waals surface area contributed by atoms with Crippen molar-refractivity contribution >= 4 is 0 Å². The van der Waals surface area contributed by atoms with E-state index in [1.165, 1.54) is 6.07 Å². The van der Waals surface area contributed by atoms with Crippen LogP contribution in [-0.2, 0) is 0 Å². The van der Waals surface area contributed by atoms with Gasteiger partial charge in [0.15, 0.2) is 0 Å². The van der Waals surface area contributed by atoms with Crippen molar-refractivity contribution in [2.45, 2.75) is 32.4 Å². The molecule has 1 aromatic rings. The largest absolute Gasteiger partial charge is 0.390 e. The number of nitrogens with zero attached hydrogens (tertiary/aromatic N) is 1. The Hall–Kier alpha value is -0.970. The normalized spacial score (nSPS) is 14.6. The van der Waals surface area contributed by atoms with Gasteiger partial charge in [-0.25, -0.2) is 4.39 Å². The van der Waals surface area contributed by atoms with Gasteiger partial charge in [-0.05, 0) is 33.0 Å². The highest BCUT2D eigenvalue weighted by atomic mass is 19.1. The van der Waals surface area contributed by atoms with E-state index in [4.69, 9.17) is 0 Å². The fourth-order valence-electron chi connectivity index (χ4n) is 2.05. The van der Waals surface area contributed by atoms with Crippen molar-refractivity contribution in [3.8, 4) is 0 Å². The summed E-state index contributed by atoms with van der Waals surface area (Å²) in [6, 6.07) is 6.73. The van der Waals surface area contributed by atoms with Crippen LogP contribution in [0.3, 0.4) is 0 Å². The van der Waals surface area contributed by atoms with Gasteiger partial charge in [-0.3, -0.25) is 4.90 Å². The first kappa shape index (κ1) is 16.1. The molecule has 0 radical (unpaired) electrons. The Labute approximate surface area is 115 Å². The average molecular weight is 268 g/mol. The zero-order valence-corrected chi connectivity index (χ0v) is 12.1. The lowest BCUT2D eigenvalue weighted by Crippen LogP contribution is -2.38. The highest BCUT2D eigenvalue weighted by Gasteiger charge is 2.17. The number of aliphatic hydroxyl groups excluding tert-OH is 1. The summed E-state index contributed by atoms with van der Waals surface area (Å²) in [7, 11) is 1.90. The van der Waals surface area contributed by atoms with Gasteiger partial charge < -0.3 is 10.4 Å². The first-order chi connectivity index (χ1) is 9.06. The van der Waals surface area contributed by atoms with Crippen molar-refractivity contribution < 1.29 is 9.50 Å². The molecule has 0 fully saturated rings. The lowest BCUT2D eigenvalue weighted by molar-refractivity contribution is 0.106. The van der Waals surface area contributed by atoms with Crippen LogP contribution in [0.1, 0.15) is 31.9 Å². The molecule has 0 spiro atoms. The Kier molecular flexibility index (Phi) is 6.99. The molecule has 2 unspecified atom stereocenters. The van der Waals surface area contributed by atoms with E-state index in [-0.39, 0.29) is 11.9 Å². The minimum atomic E-state index is -0.439. The van der Waals surface area contributed by atoms with Crippen molar-refractivity contribution in [1.29, 1.82) is 0 Å². The summed E-state index contributed by atoms with van der Waals surface area (Å²) in [5.74, 6) is -0.194. The molecule has 0 amide bonds. The number of aliphatic hydroxyl groups is 1. The zero-order valence-electron chi connectivity index (χ0n) is 12.1. The quantitative estimate of drug-likeness (QED) is 0.709. The number of halogens is 1. The standard InChI is InChI=1S/C15H25FN2O/c1-4-9-17-10-13(19)11-18(3)12(2)14-7-5-6-8-15(14)16/h5-8,12-13,17,19H,4,9-11H2,1-3H3. The molecule has 0 saturated carbocycles. The molecular weight excluding hydrogens is 243 g/mol. The minimum absolute atomic E-state index is 0.0537. The van der Waals surface area contributed by atoms with Crippen molar-refractivity contribution in [1.82, 2.24) is 10.2 Å². The molecule has 0 heterocycles. The van der Waals surface area contributed by atoms with Gasteiger partial charge in [-0.15, -0.1) is 0 Å². The first-order valence-electron chi connectivity index (χ1n) is 6.89. The predicted molar refractivity (Wildman–Crippen MR) is 76.6 cm³/mol. The molecule has 0 aliphatic heterocycles. The molecule has 1 rings (SSSR count). The van der Waals surface area contributed by atoms with Crippen LogP contribution in [0.5, 0.6) is 0 Å². The second-order valence-corrected chi connectivity index (χ2v) is 5.00. The van der Waals surface area contributed by atoms with Crippen LogP contribution in [0.4, 0.5) is 4.39 Å². The summed E-state index contributed by atoms with van der Waals surface area (Å²) in [5.41, 5.74) is 0.665. The van der Waals surface area contributed by atoms with Crippen molar-refractivity contribution in [2.24, 2.45) is 0 Å². The second kappa shape index (κ2) is 8.25. The second-order valence-electron chi connectivity index (χ2n) is 5.00. The summed E-state index contributed by atoms with van der Waals surface area (Å²) in [6.45, 7) is 6.04. The Morgan fingerprint density at radius 2 is 2.05 bits per heavy atom. The highest BCUT2D eigenvalue weighted by molar-refractivity contribution is 5.20. The maximum absolute atomic E-state index is 13.7. The van der Waals surface area contributed by atoms with Crippen LogP contribution in [0.15, 0.2) is 24.3 Å². The van der Waals surface area contributed by atoms with Gasteiger partial charge in [0.25, 0.3) is 0 Å². The van der Waals surface area contributed by atoms with Crippen LogP contribution < -0.4 is 5.32 Å².